The summed E-state index contributed by atoms with van der Waals surface area (Å²) in [5.41, 5.74) is 4.06. The SMILES string of the molecule is COCCCN=C(NN)Nc1ccc(NC(C)=O)cc1. The average molecular weight is 279 g/mol. The monoisotopic (exact) mass is 279 g/mol. The molecule has 0 saturated heterocycles. The number of amides is 1. The van der Waals surface area contributed by atoms with Gasteiger partial charge in [-0.3, -0.25) is 15.2 Å². The van der Waals surface area contributed by atoms with Crippen LogP contribution in [0.25, 0.3) is 0 Å². The number of rotatable bonds is 6. The summed E-state index contributed by atoms with van der Waals surface area (Å²) < 4.78 is 4.94. The number of nitrogens with zero attached hydrogens (tertiary/aromatic N) is 1. The van der Waals surface area contributed by atoms with Gasteiger partial charge in [-0.05, 0) is 30.7 Å². The molecule has 0 spiro atoms. The molecule has 5 N–H and O–H groups in total. The fraction of sp³-hybridized carbons (Fsp3) is 0.385. The number of benzene rings is 1. The third-order valence-corrected chi connectivity index (χ3v) is 2.38. The predicted molar refractivity (Wildman–Crippen MR) is 80.5 cm³/mol. The smallest absolute Gasteiger partial charge is 0.221 e. The highest BCUT2D eigenvalue weighted by atomic mass is 16.5. The molecule has 0 aromatic heterocycles. The van der Waals surface area contributed by atoms with E-state index in [2.05, 4.69) is 21.1 Å². The Bertz CT molecular complexity index is 445. The number of guanidine groups is 1. The topological polar surface area (TPSA) is 101 Å². The van der Waals surface area contributed by atoms with Gasteiger partial charge in [-0.1, -0.05) is 0 Å². The van der Waals surface area contributed by atoms with Crippen molar-refractivity contribution < 1.29 is 9.53 Å². The zero-order chi connectivity index (χ0) is 14.8. The first kappa shape index (κ1) is 15.9. The van der Waals surface area contributed by atoms with Crippen molar-refractivity contribution in [2.45, 2.75) is 13.3 Å². The zero-order valence-electron chi connectivity index (χ0n) is 11.8. The summed E-state index contributed by atoms with van der Waals surface area (Å²) in [4.78, 5) is 15.2. The molecule has 110 valence electrons. The van der Waals surface area contributed by atoms with E-state index in [4.69, 9.17) is 10.6 Å². The van der Waals surface area contributed by atoms with Gasteiger partial charge in [0.05, 0.1) is 0 Å². The standard InChI is InChI=1S/C13H21N5O2/c1-10(19)16-11-4-6-12(7-5-11)17-13(18-14)15-8-3-9-20-2/h4-7H,3,8-9,14H2,1-2H3,(H,16,19)(H2,15,17,18). The second-order valence-electron chi connectivity index (χ2n) is 4.10. The van der Waals surface area contributed by atoms with E-state index in [1.807, 2.05) is 12.1 Å². The Balaban J connectivity index is 2.54. The number of carbonyl (C=O) groups excluding carboxylic acids is 1. The van der Waals surface area contributed by atoms with Crippen LogP contribution >= 0.6 is 0 Å². The van der Waals surface area contributed by atoms with E-state index >= 15 is 0 Å². The molecule has 1 rings (SSSR count). The number of hydrazine groups is 1. The van der Waals surface area contributed by atoms with E-state index in [9.17, 15) is 4.79 Å². The maximum Gasteiger partial charge on any atom is 0.221 e. The number of aliphatic imine (C=N–C) groups is 1. The molecule has 0 unspecified atom stereocenters. The normalized spacial score (nSPS) is 11.1. The predicted octanol–water partition coefficient (Wildman–Crippen LogP) is 0.913. The van der Waals surface area contributed by atoms with Gasteiger partial charge in [0, 0.05) is 38.6 Å². The van der Waals surface area contributed by atoms with Crippen molar-refractivity contribution in [3.63, 3.8) is 0 Å². The lowest BCUT2D eigenvalue weighted by atomic mass is 10.3. The highest BCUT2D eigenvalue weighted by Gasteiger charge is 1.99. The number of hydrogen-bond acceptors (Lipinski definition) is 4. The molecule has 1 aromatic carbocycles. The molecule has 7 heteroatoms. The number of carbonyl (C=O) groups is 1. The van der Waals surface area contributed by atoms with Gasteiger partial charge >= 0.3 is 0 Å². The van der Waals surface area contributed by atoms with Crippen LogP contribution in [-0.2, 0) is 9.53 Å². The second kappa shape index (κ2) is 8.89. The van der Waals surface area contributed by atoms with Crippen LogP contribution in [0.5, 0.6) is 0 Å². The number of ether oxygens (including phenoxy) is 1. The van der Waals surface area contributed by atoms with Gasteiger partial charge in [-0.2, -0.15) is 0 Å². The van der Waals surface area contributed by atoms with Gasteiger partial charge in [0.15, 0.2) is 0 Å². The minimum atomic E-state index is -0.102. The Hall–Kier alpha value is -2.12. The Labute approximate surface area is 118 Å². The molecule has 20 heavy (non-hydrogen) atoms. The van der Waals surface area contributed by atoms with Crippen molar-refractivity contribution in [1.82, 2.24) is 5.43 Å². The molecule has 0 fully saturated rings. The van der Waals surface area contributed by atoms with Crippen LogP contribution in [0.15, 0.2) is 29.3 Å². The van der Waals surface area contributed by atoms with Gasteiger partial charge in [-0.25, -0.2) is 5.84 Å². The van der Waals surface area contributed by atoms with Crippen LogP contribution in [-0.4, -0.2) is 32.1 Å². The average Bonchev–Trinajstić information content (AvgIpc) is 2.43. The molecule has 0 saturated carbocycles. The van der Waals surface area contributed by atoms with Gasteiger partial charge in [0.25, 0.3) is 0 Å². The van der Waals surface area contributed by atoms with Crippen molar-refractivity contribution in [1.29, 1.82) is 0 Å². The highest BCUT2D eigenvalue weighted by molar-refractivity contribution is 5.94. The Morgan fingerprint density at radius 2 is 1.85 bits per heavy atom. The number of methoxy groups -OCH3 is 1. The lowest BCUT2D eigenvalue weighted by Gasteiger charge is -2.10. The molecule has 1 amide bonds. The Morgan fingerprint density at radius 1 is 1.25 bits per heavy atom. The van der Waals surface area contributed by atoms with Crippen molar-refractivity contribution in [3.8, 4) is 0 Å². The third-order valence-electron chi connectivity index (χ3n) is 2.38. The van der Waals surface area contributed by atoms with Crippen LogP contribution in [0.3, 0.4) is 0 Å². The number of nitrogens with one attached hydrogen (secondary N) is 3. The molecule has 0 heterocycles. The first-order chi connectivity index (χ1) is 9.65. The fourth-order valence-electron chi connectivity index (χ4n) is 1.50. The molecule has 0 aliphatic rings. The maximum atomic E-state index is 10.9. The summed E-state index contributed by atoms with van der Waals surface area (Å²) in [6, 6.07) is 7.24. The minimum absolute atomic E-state index is 0.102. The number of anilines is 2. The zero-order valence-corrected chi connectivity index (χ0v) is 11.8. The summed E-state index contributed by atoms with van der Waals surface area (Å²) in [7, 11) is 1.65. The second-order valence-corrected chi connectivity index (χ2v) is 4.10. The van der Waals surface area contributed by atoms with Crippen molar-refractivity contribution >= 4 is 23.2 Å². The number of nitrogens with two attached hydrogens (primary N) is 1. The van der Waals surface area contributed by atoms with Crippen molar-refractivity contribution in [3.05, 3.63) is 24.3 Å². The first-order valence-electron chi connectivity index (χ1n) is 6.30. The van der Waals surface area contributed by atoms with E-state index in [0.717, 1.165) is 17.8 Å². The minimum Gasteiger partial charge on any atom is -0.385 e. The van der Waals surface area contributed by atoms with Crippen LogP contribution in [0.2, 0.25) is 0 Å². The molecule has 7 nitrogen and oxygen atoms in total. The quantitative estimate of drug-likeness (QED) is 0.204. The van der Waals surface area contributed by atoms with Gasteiger partial charge in [0.1, 0.15) is 0 Å². The van der Waals surface area contributed by atoms with E-state index < -0.39 is 0 Å². The highest BCUT2D eigenvalue weighted by Crippen LogP contribution is 2.13. The van der Waals surface area contributed by atoms with Crippen LogP contribution < -0.4 is 21.9 Å². The Morgan fingerprint density at radius 3 is 2.35 bits per heavy atom. The Kier molecular flexibility index (Phi) is 7.08. The van der Waals surface area contributed by atoms with Crippen LogP contribution in [0.4, 0.5) is 11.4 Å². The third kappa shape index (κ3) is 6.17. The lowest BCUT2D eigenvalue weighted by molar-refractivity contribution is -0.114. The largest absolute Gasteiger partial charge is 0.385 e. The molecule has 0 radical (unpaired) electrons. The van der Waals surface area contributed by atoms with Gasteiger partial charge in [-0.15, -0.1) is 0 Å². The molecule has 1 aromatic rings. The van der Waals surface area contributed by atoms with Gasteiger partial charge in [0.2, 0.25) is 11.9 Å². The maximum absolute atomic E-state index is 10.9. The van der Waals surface area contributed by atoms with E-state index in [-0.39, 0.29) is 5.91 Å². The van der Waals surface area contributed by atoms with E-state index in [1.165, 1.54) is 6.92 Å². The first-order valence-corrected chi connectivity index (χ1v) is 6.30. The fourth-order valence-corrected chi connectivity index (χ4v) is 1.50. The summed E-state index contributed by atoms with van der Waals surface area (Å²) in [6.45, 7) is 2.74. The molecular weight excluding hydrogens is 258 g/mol. The van der Waals surface area contributed by atoms with E-state index in [1.54, 1.807) is 19.2 Å². The van der Waals surface area contributed by atoms with Crippen molar-refractivity contribution in [2.24, 2.45) is 10.8 Å². The van der Waals surface area contributed by atoms with E-state index in [0.29, 0.717) is 19.1 Å². The van der Waals surface area contributed by atoms with Crippen LogP contribution in [0, 0.1) is 0 Å². The molecule has 0 aliphatic heterocycles. The summed E-state index contributed by atoms with van der Waals surface area (Å²) in [6.07, 6.45) is 0.824. The summed E-state index contributed by atoms with van der Waals surface area (Å²) >= 11 is 0. The number of hydrogen-bond donors (Lipinski definition) is 4. The molecular formula is C13H21N5O2. The molecule has 0 bridgehead atoms. The molecule has 0 atom stereocenters. The lowest BCUT2D eigenvalue weighted by Crippen LogP contribution is -2.36. The van der Waals surface area contributed by atoms with Crippen molar-refractivity contribution in [2.75, 3.05) is 30.9 Å². The molecule has 0 aliphatic carbocycles. The van der Waals surface area contributed by atoms with Crippen LogP contribution in [0.1, 0.15) is 13.3 Å². The summed E-state index contributed by atoms with van der Waals surface area (Å²) in [5, 5.41) is 5.74. The van der Waals surface area contributed by atoms with Gasteiger partial charge < -0.3 is 15.4 Å². The summed E-state index contributed by atoms with van der Waals surface area (Å²) in [5.74, 6) is 5.78.